The van der Waals surface area contributed by atoms with E-state index in [-0.39, 0.29) is 161 Å². The number of likely N-dealkylation sites (N-methyl/N-ethyl adjacent to an activating group) is 6. The number of hydrogen-bond acceptors (Lipinski definition) is 24. The molecule has 0 aromatic carbocycles. The predicted molar refractivity (Wildman–Crippen MR) is 527 cm³/mol. The topological polar surface area (TPSA) is 417 Å². The Balaban J connectivity index is 0.000000173. The van der Waals surface area contributed by atoms with Crippen LogP contribution in [0.4, 0.5) is 34.9 Å². The first-order valence-corrected chi connectivity index (χ1v) is 42.7. The van der Waals surface area contributed by atoms with Gasteiger partial charge in [-0.3, -0.25) is 28.8 Å². The molecule has 0 aliphatic carbocycles. The third kappa shape index (κ3) is 23.1. The molecular formula is C96H120N36O6. The molecule has 6 fully saturated rings. The number of carbonyl (C=O) groups is 6. The van der Waals surface area contributed by atoms with Gasteiger partial charge in [0, 0.05) is 181 Å². The highest BCUT2D eigenvalue weighted by Gasteiger charge is 2.41. The van der Waals surface area contributed by atoms with Crippen molar-refractivity contribution in [2.75, 3.05) is 189 Å². The fourth-order valence-corrected chi connectivity index (χ4v) is 16.3. The summed E-state index contributed by atoms with van der Waals surface area (Å²) in [5.41, 5.74) is 2.05. The molecule has 12 aromatic heterocycles. The molecule has 0 bridgehead atoms. The van der Waals surface area contributed by atoms with E-state index in [1.54, 1.807) is 81.0 Å². The average Bonchev–Trinajstić information content (AvgIpc) is 1.43. The van der Waals surface area contributed by atoms with Gasteiger partial charge in [0.1, 0.15) is 131 Å². The lowest BCUT2D eigenvalue weighted by molar-refractivity contribution is -0.131. The summed E-state index contributed by atoms with van der Waals surface area (Å²) >= 11 is 0. The number of nitrogens with one attached hydrogen (secondary N) is 6. The van der Waals surface area contributed by atoms with Gasteiger partial charge >= 0.3 is 35.4 Å². The first-order chi connectivity index (χ1) is 81.6. The number of anilines is 6. The summed E-state index contributed by atoms with van der Waals surface area (Å²) in [6.07, 6.45) is 7.87. The van der Waals surface area contributed by atoms with Crippen LogP contribution in [0.2, 0.25) is 0 Å². The van der Waals surface area contributed by atoms with Crippen molar-refractivity contribution >= 4 is 137 Å². The van der Waals surface area contributed by atoms with Gasteiger partial charge in [-0.15, -0.1) is 0 Å². The number of piperidine rings is 6. The molecule has 0 unspecified atom stereocenters. The van der Waals surface area contributed by atoms with Crippen molar-refractivity contribution in [1.82, 2.24) is 119 Å². The van der Waals surface area contributed by atoms with Crippen LogP contribution < -0.4 is 29.4 Å². The lowest BCUT2D eigenvalue weighted by Gasteiger charge is -2.41. The number of H-pyrrole nitrogens is 6. The Labute approximate surface area is 856 Å². The summed E-state index contributed by atoms with van der Waals surface area (Å²) in [5.74, 6) is -12.1. The Kier molecular flexibility index (Phi) is 20.2. The third-order valence-electron chi connectivity index (χ3n) is 24.0. The Morgan fingerprint density at radius 2 is 0.558 bits per heavy atom. The quantitative estimate of drug-likeness (QED) is 0.0435. The number of nitrogens with zero attached hydrogens (tertiary/aromatic N) is 30. The fourth-order valence-electron chi connectivity index (χ4n) is 16.3. The number of rotatable bonds is 18. The average molecular weight is 1910 g/mol. The molecule has 0 spiro atoms. The van der Waals surface area contributed by atoms with Crippen molar-refractivity contribution in [3.05, 3.63) is 180 Å². The fraction of sp³-hybridized carbons (Fsp3) is 0.500. The lowest BCUT2D eigenvalue weighted by Crippen LogP contribution is -2.53. The molecule has 0 radical (unpaired) electrons. The zero-order valence-electron chi connectivity index (χ0n) is 114. The summed E-state index contributed by atoms with van der Waals surface area (Å²) < 4.78 is 312. The number of aromatic nitrogens is 18. The van der Waals surface area contributed by atoms with Crippen LogP contribution in [0.25, 0.3) is 95.3 Å². The van der Waals surface area contributed by atoms with Crippen LogP contribution >= 0.6 is 0 Å². The van der Waals surface area contributed by atoms with E-state index in [2.05, 4.69) is 119 Å². The number of amides is 6. The van der Waals surface area contributed by atoms with Crippen molar-refractivity contribution in [2.45, 2.75) is 116 Å². The summed E-state index contributed by atoms with van der Waals surface area (Å²) in [7, 11) is 6.03. The van der Waals surface area contributed by atoms with Crippen LogP contribution in [-0.2, 0) is 28.8 Å². The maximum absolute atomic E-state index is 12.6. The summed E-state index contributed by atoms with van der Waals surface area (Å²) in [5, 5.41) is 2.78. The molecule has 42 nitrogen and oxygen atoms in total. The molecule has 6 N–H and O–H groups in total. The molecule has 12 atom stereocenters. The number of carbonyl (C=O) groups excluding carboxylic acids is 6. The number of fused-ring (bicyclic) bond motifs is 6. The van der Waals surface area contributed by atoms with E-state index >= 15 is 0 Å². The highest BCUT2D eigenvalue weighted by Crippen LogP contribution is 2.37. The Bertz CT molecular complexity index is 8480. The van der Waals surface area contributed by atoms with Gasteiger partial charge in [-0.25, -0.2) is 99.2 Å². The third-order valence-corrected chi connectivity index (χ3v) is 24.0. The van der Waals surface area contributed by atoms with E-state index in [0.717, 1.165) is 34.3 Å². The van der Waals surface area contributed by atoms with Crippen LogP contribution in [0.15, 0.2) is 111 Å². The second-order valence-corrected chi connectivity index (χ2v) is 32.0. The zero-order valence-corrected chi connectivity index (χ0v) is 75.5. The minimum atomic E-state index is -2.93. The van der Waals surface area contributed by atoms with Gasteiger partial charge in [-0.05, 0) is 110 Å². The number of likely N-dealkylation sites (tertiary alicyclic amines) is 6. The second-order valence-electron chi connectivity index (χ2n) is 32.0. The van der Waals surface area contributed by atoms with Gasteiger partial charge in [0.2, 0.25) is 0 Å². The SMILES string of the molecule is [2H]c1nc(N(C)[C@@]2([2H])CN(C(=O)C([2H])([2H])[N+]#[C-])CC[C@@]2([2H])C([2H])([2H])[2H])c2cc[nH]c2n1.[2H]c1nc(N(C)[C@@]2([2H])CN(C(=O)C([2H])([2H])[N+]#[C-])CC[C@@]2([2H])C)c2cc[nH]c2n1.[2H]c1nc(N(C)[C@@]2([2H])CN(C(=O)C([2H])([2H])[N+]#[C-])CC[C@H]2C([2H])([2H])[2H])c2cc[nH]c2n1.[2H]c1nc(N(C)[C@@]2([2H])CN(C(=O)C([2H])([2H])[N+]#[C-])CC[C@H]2C)c2cc[nH]c2n1.[2H]c1nc(N([C@H]2CN(C(=O)C([2H])([2H])[N+]#[C-])CC[C@H]2C([2H])([2H])[2H])C([2H])([2H])[2H])c2cc[nH]c2n1.[2H]c1nc(N([C@H]2CN(C(=O)C([2H])([2H])[N+]#[C-])CC[C@H]2C)C([2H])([2H])[2H])c2cc[nH]c2n1. The van der Waals surface area contributed by atoms with Crippen molar-refractivity contribution in [1.29, 1.82) is 0 Å². The van der Waals surface area contributed by atoms with Crippen LogP contribution in [0.1, 0.15) is 133 Å². The van der Waals surface area contributed by atoms with Gasteiger partial charge in [0.15, 0.2) is 0 Å². The first kappa shape index (κ1) is 59.9. The molecule has 0 saturated carbocycles. The van der Waals surface area contributed by atoms with Crippen LogP contribution in [0.3, 0.4) is 0 Å². The molecule has 18 rings (SSSR count). The Morgan fingerprint density at radius 3 is 0.848 bits per heavy atom. The Hall–Kier alpha value is -15.7. The maximum Gasteiger partial charge on any atom is 0.302 e. The summed E-state index contributed by atoms with van der Waals surface area (Å²) in [4.78, 5) is 170. The van der Waals surface area contributed by atoms with Gasteiger partial charge in [-0.2, -0.15) is 0 Å². The largest absolute Gasteiger partial charge is 0.354 e. The van der Waals surface area contributed by atoms with E-state index in [9.17, 15) is 28.8 Å². The highest BCUT2D eigenvalue weighted by atomic mass is 16.2. The first-order valence-electron chi connectivity index (χ1n) is 62.2. The van der Waals surface area contributed by atoms with Crippen LogP contribution in [0, 0.1) is 74.9 Å². The van der Waals surface area contributed by atoms with E-state index in [4.69, 9.17) is 92.9 Å². The smallest absolute Gasteiger partial charge is 0.302 e. The lowest BCUT2D eigenvalue weighted by atomic mass is 9.92. The van der Waals surface area contributed by atoms with Crippen molar-refractivity contribution in [3.63, 3.8) is 0 Å². The van der Waals surface area contributed by atoms with Crippen LogP contribution in [0.5, 0.6) is 0 Å². The van der Waals surface area contributed by atoms with E-state index in [1.807, 2.05) is 13.8 Å². The minimum Gasteiger partial charge on any atom is -0.354 e. The molecule has 6 aliphatic rings. The zero-order chi connectivity index (χ0) is 132. The molecule has 6 saturated heterocycles. The molecule has 6 amide bonds. The molecule has 6 aliphatic heterocycles. The van der Waals surface area contributed by atoms with Gasteiger partial charge in [0.25, 0.3) is 39.0 Å². The van der Waals surface area contributed by atoms with Crippen molar-refractivity contribution < 1.29 is 82.2 Å². The van der Waals surface area contributed by atoms with Crippen LogP contribution in [-0.4, -0.2) is 350 Å². The molecule has 12 aromatic rings. The number of aromatic amines is 6. The standard InChI is InChI=1S/6C16H20N6O/c6*1-11-5-7-22(14(23)8-17-2)9-13(11)21(3)16-12-4-6-18-15(12)19-10-20-16/h6*4,6,10-11,13H,5,7-9H2,1,3H3,(H,18,19,20)/t6*11-,13+/m111111/s1/i1D3,8D2,10D,11D,13D;8D2,10D,11D,13D;1D3,8D2,10D,13D;1D3,3D3,8D2,10D;8D2,10D,13D;3D3,8D2,10D. The van der Waals surface area contributed by atoms with Gasteiger partial charge < -0.3 is 118 Å². The summed E-state index contributed by atoms with van der Waals surface area (Å²) in [6.45, 7) is 14.8. The molecular weight excluding hydrogens is 1750 g/mol. The van der Waals surface area contributed by atoms with Gasteiger partial charge in [-0.1, -0.05) is 41.3 Å². The molecule has 18 heterocycles. The van der Waals surface area contributed by atoms with Crippen molar-refractivity contribution in [2.24, 2.45) is 35.5 Å². The Morgan fingerprint density at radius 1 is 0.326 bits per heavy atom. The second kappa shape index (κ2) is 46.5. The molecule has 138 heavy (non-hydrogen) atoms. The number of hydrogen-bond donors (Lipinski definition) is 6. The van der Waals surface area contributed by atoms with Crippen molar-refractivity contribution in [3.8, 4) is 0 Å². The monoisotopic (exact) mass is 1910 g/mol. The van der Waals surface area contributed by atoms with E-state index in [1.165, 1.54) is 52.2 Å². The molecule has 42 heteroatoms. The normalized spacial score (nSPS) is 29.6. The highest BCUT2D eigenvalue weighted by molar-refractivity contribution is 5.93. The van der Waals surface area contributed by atoms with E-state index < -0.39 is 207 Å². The summed E-state index contributed by atoms with van der Waals surface area (Å²) in [6, 6.07) is 0.556. The molecule has 720 valence electrons. The predicted octanol–water partition coefficient (Wildman–Crippen LogP) is 9.30. The van der Waals surface area contributed by atoms with E-state index in [0.29, 0.717) is 68.2 Å². The minimum absolute atomic E-state index is 0.0228. The van der Waals surface area contributed by atoms with Gasteiger partial charge in [0.05, 0.1) is 74.0 Å². The maximum atomic E-state index is 12.6.